The van der Waals surface area contributed by atoms with Gasteiger partial charge in [0.05, 0.1) is 12.2 Å². The van der Waals surface area contributed by atoms with Crippen molar-refractivity contribution in [3.63, 3.8) is 0 Å². The largest absolute Gasteiger partial charge is 0.369 e. The number of aromatic nitrogens is 2. The number of primary amides is 1. The molecule has 3 aromatic rings. The summed E-state index contributed by atoms with van der Waals surface area (Å²) in [7, 11) is 0. The van der Waals surface area contributed by atoms with Crippen LogP contribution in [-0.2, 0) is 16.1 Å². The van der Waals surface area contributed by atoms with E-state index in [9.17, 15) is 9.59 Å². The Morgan fingerprint density at radius 3 is 2.45 bits per heavy atom. The van der Waals surface area contributed by atoms with Crippen LogP contribution in [0.1, 0.15) is 35.1 Å². The molecule has 0 radical (unpaired) electrons. The highest BCUT2D eigenvalue weighted by molar-refractivity contribution is 5.93. The van der Waals surface area contributed by atoms with Crippen LogP contribution in [0.3, 0.4) is 0 Å². The molecule has 2 N–H and O–H groups in total. The third kappa shape index (κ3) is 5.40. The van der Waals surface area contributed by atoms with Crippen molar-refractivity contribution in [1.82, 2.24) is 14.7 Å². The summed E-state index contributed by atoms with van der Waals surface area (Å²) in [4.78, 5) is 26.0. The summed E-state index contributed by atoms with van der Waals surface area (Å²) in [5.74, 6) is -0.466. The Kier molecular flexibility index (Phi) is 6.73. The average molecular weight is 443 g/mol. The Hall–Kier alpha value is -3.67. The van der Waals surface area contributed by atoms with E-state index in [4.69, 9.17) is 10.8 Å². The van der Waals surface area contributed by atoms with Crippen LogP contribution >= 0.6 is 0 Å². The topological polar surface area (TPSA) is 81.2 Å². The minimum absolute atomic E-state index is 0.0558. The number of hydrogen-bond acceptors (Lipinski definition) is 3. The molecule has 6 nitrogen and oxygen atoms in total. The van der Waals surface area contributed by atoms with Gasteiger partial charge < -0.3 is 10.6 Å². The molecule has 1 aromatic heterocycles. The molecule has 2 amide bonds. The Morgan fingerprint density at radius 2 is 1.79 bits per heavy atom. The fourth-order valence-electron chi connectivity index (χ4n) is 4.17. The van der Waals surface area contributed by atoms with Gasteiger partial charge in [0.25, 0.3) is 0 Å². The minimum Gasteiger partial charge on any atom is -0.369 e. The van der Waals surface area contributed by atoms with Gasteiger partial charge >= 0.3 is 0 Å². The van der Waals surface area contributed by atoms with E-state index in [2.05, 4.69) is 44.2 Å². The molecule has 33 heavy (non-hydrogen) atoms. The molecule has 4 rings (SSSR count). The molecule has 2 heterocycles. The van der Waals surface area contributed by atoms with Crippen molar-refractivity contribution in [3.05, 3.63) is 83.1 Å². The van der Waals surface area contributed by atoms with Crippen LogP contribution in [0.15, 0.2) is 60.8 Å². The lowest BCUT2D eigenvalue weighted by Gasteiger charge is -2.29. The van der Waals surface area contributed by atoms with Gasteiger partial charge in [-0.2, -0.15) is 5.10 Å². The summed E-state index contributed by atoms with van der Waals surface area (Å²) in [5, 5.41) is 4.86. The van der Waals surface area contributed by atoms with E-state index < -0.39 is 0 Å². The highest BCUT2D eigenvalue weighted by Gasteiger charge is 2.25. The molecule has 1 aliphatic heterocycles. The molecular formula is C27H30N4O2. The molecule has 1 saturated heterocycles. The first-order valence-corrected chi connectivity index (χ1v) is 11.4. The van der Waals surface area contributed by atoms with Crippen LogP contribution in [0.4, 0.5) is 0 Å². The van der Waals surface area contributed by atoms with E-state index in [-0.39, 0.29) is 17.7 Å². The van der Waals surface area contributed by atoms with Crippen LogP contribution in [-0.4, -0.2) is 39.6 Å². The first-order valence-electron chi connectivity index (χ1n) is 11.4. The number of nitrogens with two attached hydrogens (primary N) is 1. The lowest BCUT2D eigenvalue weighted by molar-refractivity contribution is -0.130. The van der Waals surface area contributed by atoms with E-state index in [1.54, 1.807) is 11.0 Å². The Balaban J connectivity index is 1.58. The number of carbonyl (C=O) groups is 2. The number of hydrogen-bond donors (Lipinski definition) is 1. The van der Waals surface area contributed by atoms with Gasteiger partial charge in [0.1, 0.15) is 0 Å². The van der Waals surface area contributed by atoms with Gasteiger partial charge in [-0.25, -0.2) is 0 Å². The number of nitrogens with zero attached hydrogens (tertiary/aromatic N) is 3. The molecule has 170 valence electrons. The number of amides is 2. The summed E-state index contributed by atoms with van der Waals surface area (Å²) in [5.41, 5.74) is 11.8. The van der Waals surface area contributed by atoms with E-state index in [1.165, 1.54) is 11.1 Å². The SMILES string of the molecule is Cc1ccc(-c2nn(Cc3ccccc3)cc2/C=C/C(=O)N2CCC(C(N)=O)CC2)cc1C. The predicted octanol–water partition coefficient (Wildman–Crippen LogP) is 3.95. The smallest absolute Gasteiger partial charge is 0.246 e. The Bertz CT molecular complexity index is 1170. The normalized spacial score (nSPS) is 14.7. The minimum atomic E-state index is -0.276. The number of carbonyl (C=O) groups excluding carboxylic acids is 2. The number of rotatable bonds is 6. The summed E-state index contributed by atoms with van der Waals surface area (Å²) >= 11 is 0. The highest BCUT2D eigenvalue weighted by atomic mass is 16.2. The highest BCUT2D eigenvalue weighted by Crippen LogP contribution is 2.26. The zero-order valence-corrected chi connectivity index (χ0v) is 19.2. The van der Waals surface area contributed by atoms with Gasteiger partial charge in [-0.3, -0.25) is 14.3 Å². The monoisotopic (exact) mass is 442 g/mol. The van der Waals surface area contributed by atoms with Gasteiger partial charge in [-0.1, -0.05) is 42.5 Å². The number of aryl methyl sites for hydroxylation is 2. The van der Waals surface area contributed by atoms with Crippen molar-refractivity contribution in [3.8, 4) is 11.3 Å². The second kappa shape index (κ2) is 9.86. The second-order valence-corrected chi connectivity index (χ2v) is 8.75. The number of piperidine rings is 1. The summed E-state index contributed by atoms with van der Waals surface area (Å²) in [6, 6.07) is 16.5. The lowest BCUT2D eigenvalue weighted by atomic mass is 9.96. The molecule has 2 aromatic carbocycles. The third-order valence-electron chi connectivity index (χ3n) is 6.37. The standard InChI is InChI=1S/C27H30N4O2/c1-19-8-9-23(16-20(19)2)26-24(18-31(29-26)17-21-6-4-3-5-7-21)10-11-25(32)30-14-12-22(13-15-30)27(28)33/h3-11,16,18,22H,12-15,17H2,1-2H3,(H2,28,33)/b11-10+. The van der Waals surface area contributed by atoms with Crippen molar-refractivity contribution < 1.29 is 9.59 Å². The summed E-state index contributed by atoms with van der Waals surface area (Å²) < 4.78 is 1.92. The average Bonchev–Trinajstić information content (AvgIpc) is 3.22. The fraction of sp³-hybridized carbons (Fsp3) is 0.296. The maximum atomic E-state index is 12.8. The van der Waals surface area contributed by atoms with Gasteiger partial charge in [0, 0.05) is 42.4 Å². The molecule has 0 saturated carbocycles. The maximum absolute atomic E-state index is 12.8. The molecule has 6 heteroatoms. The maximum Gasteiger partial charge on any atom is 0.246 e. The molecule has 0 aliphatic carbocycles. The Morgan fingerprint density at radius 1 is 1.06 bits per heavy atom. The third-order valence-corrected chi connectivity index (χ3v) is 6.37. The molecule has 0 atom stereocenters. The zero-order valence-electron chi connectivity index (χ0n) is 19.2. The van der Waals surface area contributed by atoms with Gasteiger partial charge in [0.15, 0.2) is 0 Å². The van der Waals surface area contributed by atoms with Crippen LogP contribution in [0.25, 0.3) is 17.3 Å². The molecule has 0 bridgehead atoms. The molecule has 0 spiro atoms. The first-order chi connectivity index (χ1) is 15.9. The predicted molar refractivity (Wildman–Crippen MR) is 130 cm³/mol. The van der Waals surface area contributed by atoms with Gasteiger partial charge in [0.2, 0.25) is 11.8 Å². The van der Waals surface area contributed by atoms with Crippen molar-refractivity contribution in [2.24, 2.45) is 11.7 Å². The van der Waals surface area contributed by atoms with E-state index >= 15 is 0 Å². The van der Waals surface area contributed by atoms with Crippen molar-refractivity contribution >= 4 is 17.9 Å². The van der Waals surface area contributed by atoms with Crippen LogP contribution in [0.5, 0.6) is 0 Å². The van der Waals surface area contributed by atoms with Crippen LogP contribution in [0, 0.1) is 19.8 Å². The molecule has 1 fully saturated rings. The quantitative estimate of drug-likeness (QED) is 0.587. The summed E-state index contributed by atoms with van der Waals surface area (Å²) in [6.07, 6.45) is 6.69. The van der Waals surface area contributed by atoms with Gasteiger partial charge in [-0.15, -0.1) is 0 Å². The zero-order chi connectivity index (χ0) is 23.4. The van der Waals surface area contributed by atoms with Crippen LogP contribution in [0.2, 0.25) is 0 Å². The van der Waals surface area contributed by atoms with Crippen molar-refractivity contribution in [2.45, 2.75) is 33.2 Å². The molecular weight excluding hydrogens is 412 g/mol. The van der Waals surface area contributed by atoms with Crippen LogP contribution < -0.4 is 5.73 Å². The summed E-state index contributed by atoms with van der Waals surface area (Å²) in [6.45, 7) is 5.94. The van der Waals surface area contributed by atoms with Gasteiger partial charge in [-0.05, 0) is 55.5 Å². The van der Waals surface area contributed by atoms with E-state index in [1.807, 2.05) is 35.2 Å². The number of benzene rings is 2. The lowest BCUT2D eigenvalue weighted by Crippen LogP contribution is -2.41. The van der Waals surface area contributed by atoms with Crippen molar-refractivity contribution in [2.75, 3.05) is 13.1 Å². The molecule has 0 unspecified atom stereocenters. The Labute approximate surface area is 194 Å². The van der Waals surface area contributed by atoms with Crippen molar-refractivity contribution in [1.29, 1.82) is 0 Å². The molecule has 1 aliphatic rings. The second-order valence-electron chi connectivity index (χ2n) is 8.75. The first kappa shape index (κ1) is 22.5. The fourth-order valence-corrected chi connectivity index (χ4v) is 4.17. The number of likely N-dealkylation sites (tertiary alicyclic amines) is 1. The van der Waals surface area contributed by atoms with E-state index in [0.717, 1.165) is 22.4 Å². The van der Waals surface area contributed by atoms with E-state index in [0.29, 0.717) is 32.5 Å².